The maximum Gasteiger partial charge on any atom is 0.309 e. The van der Waals surface area contributed by atoms with Crippen molar-refractivity contribution < 1.29 is 18.7 Å². The third-order valence-corrected chi connectivity index (χ3v) is 1.61. The number of halogens is 1. The fourth-order valence-electron chi connectivity index (χ4n) is 0.810. The molecule has 0 spiro atoms. The maximum atomic E-state index is 13.3. The zero-order valence-corrected chi connectivity index (χ0v) is 7.52. The lowest BCUT2D eigenvalue weighted by molar-refractivity contribution is -0.147. The second-order valence-corrected chi connectivity index (χ2v) is 2.73. The van der Waals surface area contributed by atoms with Crippen LogP contribution in [-0.2, 0) is 14.3 Å². The Morgan fingerprint density at radius 2 is 2.00 bits per heavy atom. The molecule has 1 atom stereocenters. The smallest absolute Gasteiger partial charge is 0.309 e. The summed E-state index contributed by atoms with van der Waals surface area (Å²) in [5.41, 5.74) is -2.08. The number of ether oxygens (including phenoxy) is 1. The van der Waals surface area contributed by atoms with Gasteiger partial charge < -0.3 is 4.74 Å². The Kier molecular flexibility index (Phi) is 3.86. The van der Waals surface area contributed by atoms with E-state index in [1.807, 2.05) is 0 Å². The Balaban J connectivity index is 4.21. The molecule has 0 aliphatic rings. The highest BCUT2D eigenvalue weighted by Gasteiger charge is 2.34. The summed E-state index contributed by atoms with van der Waals surface area (Å²) >= 11 is 0. The first-order valence-electron chi connectivity index (χ1n) is 3.73. The number of carbonyl (C=O) groups excluding carboxylic acids is 2. The average molecular weight is 176 g/mol. The van der Waals surface area contributed by atoms with Crippen molar-refractivity contribution >= 4 is 11.8 Å². The molecule has 12 heavy (non-hydrogen) atoms. The number of Topliss-reactive ketones (excluding diaryl/α,β-unsaturated/α-hetero) is 1. The van der Waals surface area contributed by atoms with Crippen molar-refractivity contribution in [1.29, 1.82) is 0 Å². The topological polar surface area (TPSA) is 43.4 Å². The third kappa shape index (κ3) is 2.98. The van der Waals surface area contributed by atoms with Gasteiger partial charge in [0.05, 0.1) is 13.5 Å². The first kappa shape index (κ1) is 11.1. The molecule has 70 valence electrons. The lowest BCUT2D eigenvalue weighted by atomic mass is 9.97. The van der Waals surface area contributed by atoms with E-state index in [0.717, 1.165) is 14.0 Å². The van der Waals surface area contributed by atoms with Gasteiger partial charge in [0.15, 0.2) is 11.5 Å². The van der Waals surface area contributed by atoms with Crippen molar-refractivity contribution in [1.82, 2.24) is 0 Å². The van der Waals surface area contributed by atoms with Gasteiger partial charge in [-0.2, -0.15) is 0 Å². The van der Waals surface area contributed by atoms with Crippen LogP contribution in [0.3, 0.4) is 0 Å². The van der Waals surface area contributed by atoms with Crippen LogP contribution in [-0.4, -0.2) is 24.5 Å². The molecular formula is C8H13FO3. The van der Waals surface area contributed by atoms with Gasteiger partial charge in [-0.3, -0.25) is 9.59 Å². The van der Waals surface area contributed by atoms with Gasteiger partial charge in [0.25, 0.3) is 0 Å². The molecule has 1 unspecified atom stereocenters. The first-order valence-corrected chi connectivity index (χ1v) is 3.73. The van der Waals surface area contributed by atoms with Crippen molar-refractivity contribution in [3.8, 4) is 0 Å². The number of esters is 1. The Labute approximate surface area is 70.9 Å². The Morgan fingerprint density at radius 1 is 1.50 bits per heavy atom. The molecule has 4 heteroatoms. The minimum atomic E-state index is -2.08. The van der Waals surface area contributed by atoms with Gasteiger partial charge in [-0.05, 0) is 6.92 Å². The minimum Gasteiger partial charge on any atom is -0.469 e. The van der Waals surface area contributed by atoms with Crippen molar-refractivity contribution in [2.45, 2.75) is 32.4 Å². The number of hydrogen-bond acceptors (Lipinski definition) is 3. The van der Waals surface area contributed by atoms with E-state index in [4.69, 9.17) is 0 Å². The molecule has 0 fully saturated rings. The van der Waals surface area contributed by atoms with Gasteiger partial charge in [0.1, 0.15) is 0 Å². The van der Waals surface area contributed by atoms with Crippen molar-refractivity contribution in [2.24, 2.45) is 0 Å². The predicted molar refractivity (Wildman–Crippen MR) is 41.4 cm³/mol. The molecule has 0 aromatic rings. The maximum absolute atomic E-state index is 13.3. The van der Waals surface area contributed by atoms with Crippen LogP contribution >= 0.6 is 0 Å². The molecular weight excluding hydrogens is 163 g/mol. The molecule has 3 nitrogen and oxygen atoms in total. The van der Waals surface area contributed by atoms with Crippen LogP contribution in [0.4, 0.5) is 4.39 Å². The van der Waals surface area contributed by atoms with Crippen LogP contribution in [0, 0.1) is 0 Å². The summed E-state index contributed by atoms with van der Waals surface area (Å²) in [6, 6.07) is 0. The highest BCUT2D eigenvalue weighted by Crippen LogP contribution is 2.18. The second kappa shape index (κ2) is 4.18. The zero-order chi connectivity index (χ0) is 9.78. The third-order valence-electron chi connectivity index (χ3n) is 1.61. The van der Waals surface area contributed by atoms with Gasteiger partial charge in [0, 0.05) is 6.42 Å². The lowest BCUT2D eigenvalue weighted by Crippen LogP contribution is -2.32. The zero-order valence-electron chi connectivity index (χ0n) is 7.52. The Hall–Kier alpha value is -0.930. The number of rotatable bonds is 4. The van der Waals surface area contributed by atoms with Gasteiger partial charge in [-0.1, -0.05) is 6.92 Å². The number of ketones is 1. The van der Waals surface area contributed by atoms with Crippen LogP contribution in [0.5, 0.6) is 0 Å². The molecule has 0 heterocycles. The molecule has 0 bridgehead atoms. The molecule has 0 aromatic carbocycles. The quantitative estimate of drug-likeness (QED) is 0.605. The van der Waals surface area contributed by atoms with Crippen molar-refractivity contribution in [3.63, 3.8) is 0 Å². The van der Waals surface area contributed by atoms with E-state index < -0.39 is 23.8 Å². The van der Waals surface area contributed by atoms with Crippen LogP contribution in [0.15, 0.2) is 0 Å². The first-order chi connectivity index (χ1) is 5.44. The molecule has 0 aliphatic heterocycles. The standard InChI is InChI=1S/C8H13FO3/c1-4-6(10)8(2,9)5-7(11)12-3/h4-5H2,1-3H3. The van der Waals surface area contributed by atoms with Crippen LogP contribution in [0.1, 0.15) is 26.7 Å². The van der Waals surface area contributed by atoms with E-state index in [1.165, 1.54) is 0 Å². The molecule has 0 rings (SSSR count). The van der Waals surface area contributed by atoms with E-state index in [-0.39, 0.29) is 6.42 Å². The van der Waals surface area contributed by atoms with Gasteiger partial charge in [-0.15, -0.1) is 0 Å². The van der Waals surface area contributed by atoms with Crippen molar-refractivity contribution in [3.05, 3.63) is 0 Å². The largest absolute Gasteiger partial charge is 0.469 e. The monoisotopic (exact) mass is 176 g/mol. The fraction of sp³-hybridized carbons (Fsp3) is 0.750. The van der Waals surface area contributed by atoms with Crippen LogP contribution in [0.25, 0.3) is 0 Å². The fourth-order valence-corrected chi connectivity index (χ4v) is 0.810. The van der Waals surface area contributed by atoms with Gasteiger partial charge in [-0.25, -0.2) is 4.39 Å². The van der Waals surface area contributed by atoms with Crippen molar-refractivity contribution in [2.75, 3.05) is 7.11 Å². The molecule has 0 amide bonds. The molecule has 0 aromatic heterocycles. The molecule has 0 radical (unpaired) electrons. The molecule has 0 N–H and O–H groups in total. The number of methoxy groups -OCH3 is 1. The van der Waals surface area contributed by atoms with E-state index >= 15 is 0 Å². The van der Waals surface area contributed by atoms with Crippen LogP contribution < -0.4 is 0 Å². The normalized spacial score (nSPS) is 15.0. The Morgan fingerprint density at radius 3 is 2.33 bits per heavy atom. The molecule has 0 saturated heterocycles. The SMILES string of the molecule is CCC(=O)C(C)(F)CC(=O)OC. The molecule has 0 aliphatic carbocycles. The lowest BCUT2D eigenvalue weighted by Gasteiger charge is -2.15. The summed E-state index contributed by atoms with van der Waals surface area (Å²) in [6.07, 6.45) is -0.417. The summed E-state index contributed by atoms with van der Waals surface area (Å²) in [7, 11) is 1.16. The van der Waals surface area contributed by atoms with Crippen LogP contribution in [0.2, 0.25) is 0 Å². The molecule has 0 saturated carbocycles. The van der Waals surface area contributed by atoms with Gasteiger partial charge in [0.2, 0.25) is 0 Å². The number of carbonyl (C=O) groups is 2. The summed E-state index contributed by atoms with van der Waals surface area (Å²) < 4.78 is 17.5. The summed E-state index contributed by atoms with van der Waals surface area (Å²) in [6.45, 7) is 2.65. The average Bonchev–Trinajstić information content (AvgIpc) is 2.02. The van der Waals surface area contributed by atoms with Gasteiger partial charge >= 0.3 is 5.97 Å². The Bertz CT molecular complexity index is 187. The highest BCUT2D eigenvalue weighted by molar-refractivity contribution is 5.90. The van der Waals surface area contributed by atoms with E-state index in [1.54, 1.807) is 6.92 Å². The predicted octanol–water partition coefficient (Wildman–Crippen LogP) is 1.26. The van der Waals surface area contributed by atoms with E-state index in [0.29, 0.717) is 0 Å². The van der Waals surface area contributed by atoms with E-state index in [9.17, 15) is 14.0 Å². The summed E-state index contributed by atoms with van der Waals surface area (Å²) in [5, 5.41) is 0. The second-order valence-electron chi connectivity index (χ2n) is 2.73. The van der Waals surface area contributed by atoms with E-state index in [2.05, 4.69) is 4.74 Å². The number of hydrogen-bond donors (Lipinski definition) is 0. The number of alkyl halides is 1. The summed E-state index contributed by atoms with van der Waals surface area (Å²) in [5.74, 6) is -1.28. The highest BCUT2D eigenvalue weighted by atomic mass is 19.1. The summed E-state index contributed by atoms with van der Waals surface area (Å²) in [4.78, 5) is 21.5. The minimum absolute atomic E-state index is 0.0873.